The Kier molecular flexibility index (Phi) is 6.35. The van der Waals surface area contributed by atoms with E-state index >= 15 is 0 Å². The summed E-state index contributed by atoms with van der Waals surface area (Å²) in [5.74, 6) is -0.279. The fraction of sp³-hybridized carbons (Fsp3) is 0.211. The van der Waals surface area contributed by atoms with Crippen LogP contribution in [0.1, 0.15) is 17.2 Å². The van der Waals surface area contributed by atoms with Crippen LogP contribution >= 0.6 is 11.8 Å². The molecule has 3 rings (SSSR count). The number of nitrogens with zero attached hydrogens (tertiary/aromatic N) is 3. The maximum atomic E-state index is 12.8. The molecular formula is C19H17F3N4OS. The summed E-state index contributed by atoms with van der Waals surface area (Å²) in [6, 6.07) is 14.0. The molecule has 0 radical (unpaired) electrons. The molecule has 9 heteroatoms. The van der Waals surface area contributed by atoms with E-state index in [9.17, 15) is 18.0 Å². The number of aromatic nitrogens is 3. The van der Waals surface area contributed by atoms with Crippen molar-refractivity contribution in [3.63, 3.8) is 0 Å². The van der Waals surface area contributed by atoms with Gasteiger partial charge in [-0.3, -0.25) is 9.48 Å². The van der Waals surface area contributed by atoms with Gasteiger partial charge in [-0.1, -0.05) is 36.4 Å². The Morgan fingerprint density at radius 3 is 2.61 bits per heavy atom. The van der Waals surface area contributed by atoms with Gasteiger partial charge in [-0.05, 0) is 23.8 Å². The molecule has 0 spiro atoms. The highest BCUT2D eigenvalue weighted by atomic mass is 32.2. The van der Waals surface area contributed by atoms with Crippen LogP contribution in [0.15, 0.2) is 72.1 Å². The predicted octanol–water partition coefficient (Wildman–Crippen LogP) is 3.95. The summed E-state index contributed by atoms with van der Waals surface area (Å²) in [6.45, 7) is 0.393. The summed E-state index contributed by atoms with van der Waals surface area (Å²) in [5, 5.41) is 6.97. The number of nitrogens with one attached hydrogen (secondary N) is 1. The summed E-state index contributed by atoms with van der Waals surface area (Å²) in [5.41, 5.74) is 0.168. The van der Waals surface area contributed by atoms with Crippen molar-refractivity contribution in [2.45, 2.75) is 23.7 Å². The van der Waals surface area contributed by atoms with Crippen LogP contribution in [-0.4, -0.2) is 26.4 Å². The summed E-state index contributed by atoms with van der Waals surface area (Å²) in [7, 11) is 0. The fourth-order valence-electron chi connectivity index (χ4n) is 2.58. The molecule has 1 N–H and O–H groups in total. The van der Waals surface area contributed by atoms with Crippen molar-refractivity contribution in [1.82, 2.24) is 20.1 Å². The molecule has 0 saturated carbocycles. The van der Waals surface area contributed by atoms with Crippen molar-refractivity contribution in [1.29, 1.82) is 0 Å². The second kappa shape index (κ2) is 8.92. The van der Waals surface area contributed by atoms with E-state index in [0.717, 1.165) is 29.5 Å². The number of thioether (sulfide) groups is 1. The van der Waals surface area contributed by atoms with Gasteiger partial charge < -0.3 is 5.32 Å². The molecule has 2 aromatic carbocycles. The summed E-state index contributed by atoms with van der Waals surface area (Å²) < 4.78 is 40.0. The molecule has 1 amide bonds. The number of hydrogen-bond donors (Lipinski definition) is 1. The topological polar surface area (TPSA) is 59.8 Å². The minimum atomic E-state index is -4.41. The number of rotatable bonds is 7. The summed E-state index contributed by atoms with van der Waals surface area (Å²) >= 11 is 1.06. The lowest BCUT2D eigenvalue weighted by Gasteiger charge is -2.19. The molecule has 146 valence electrons. The lowest BCUT2D eigenvalue weighted by atomic mass is 10.1. The maximum Gasteiger partial charge on any atom is 0.416 e. The molecule has 1 aromatic heterocycles. The van der Waals surface area contributed by atoms with Crippen LogP contribution in [0, 0.1) is 0 Å². The number of amides is 1. The normalized spacial score (nSPS) is 12.5. The first kappa shape index (κ1) is 19.9. The van der Waals surface area contributed by atoms with Crippen molar-refractivity contribution in [2.24, 2.45) is 0 Å². The van der Waals surface area contributed by atoms with Crippen molar-refractivity contribution < 1.29 is 18.0 Å². The second-order valence-electron chi connectivity index (χ2n) is 5.96. The highest BCUT2D eigenvalue weighted by molar-refractivity contribution is 8.00. The SMILES string of the molecule is O=C(CSc1cccc(C(F)(F)F)c1)NC(Cn1cncn1)c1ccccc1. The summed E-state index contributed by atoms with van der Waals surface area (Å²) in [6.07, 6.45) is -1.44. The zero-order chi connectivity index (χ0) is 20.0. The number of halogens is 3. The average Bonchev–Trinajstić information content (AvgIpc) is 3.19. The Balaban J connectivity index is 1.64. The Bertz CT molecular complexity index is 901. The zero-order valence-corrected chi connectivity index (χ0v) is 15.5. The number of hydrogen-bond acceptors (Lipinski definition) is 4. The van der Waals surface area contributed by atoms with E-state index in [-0.39, 0.29) is 17.7 Å². The summed E-state index contributed by atoms with van der Waals surface area (Å²) in [4.78, 5) is 16.7. The largest absolute Gasteiger partial charge is 0.416 e. The molecular weight excluding hydrogens is 389 g/mol. The molecule has 3 aromatic rings. The Labute approximate surface area is 164 Å². The van der Waals surface area contributed by atoms with Crippen molar-refractivity contribution >= 4 is 17.7 Å². The van der Waals surface area contributed by atoms with Gasteiger partial charge in [0, 0.05) is 4.90 Å². The molecule has 0 aliphatic rings. The van der Waals surface area contributed by atoms with Crippen LogP contribution in [0.4, 0.5) is 13.2 Å². The zero-order valence-electron chi connectivity index (χ0n) is 14.6. The Morgan fingerprint density at radius 2 is 1.93 bits per heavy atom. The third kappa shape index (κ3) is 5.59. The van der Waals surface area contributed by atoms with E-state index in [1.54, 1.807) is 17.1 Å². The van der Waals surface area contributed by atoms with Crippen LogP contribution in [0.5, 0.6) is 0 Å². The molecule has 5 nitrogen and oxygen atoms in total. The quantitative estimate of drug-likeness (QED) is 0.604. The van der Waals surface area contributed by atoms with Crippen LogP contribution < -0.4 is 5.32 Å². The molecule has 0 bridgehead atoms. The third-order valence-electron chi connectivity index (χ3n) is 3.90. The fourth-order valence-corrected chi connectivity index (χ4v) is 3.35. The molecule has 28 heavy (non-hydrogen) atoms. The van der Waals surface area contributed by atoms with Crippen molar-refractivity contribution in [2.75, 3.05) is 5.75 Å². The molecule has 0 fully saturated rings. The third-order valence-corrected chi connectivity index (χ3v) is 4.90. The van der Waals surface area contributed by atoms with Crippen molar-refractivity contribution in [3.05, 3.63) is 78.4 Å². The van der Waals surface area contributed by atoms with Gasteiger partial charge in [-0.15, -0.1) is 11.8 Å². The highest BCUT2D eigenvalue weighted by Gasteiger charge is 2.30. The molecule has 0 saturated heterocycles. The van der Waals surface area contributed by atoms with Gasteiger partial charge in [-0.25, -0.2) is 4.98 Å². The lowest BCUT2D eigenvalue weighted by molar-refractivity contribution is -0.137. The molecule has 1 heterocycles. The van der Waals surface area contributed by atoms with Gasteiger partial charge in [0.15, 0.2) is 0 Å². The van der Waals surface area contributed by atoms with E-state index in [1.165, 1.54) is 12.4 Å². The number of carbonyl (C=O) groups excluding carboxylic acids is 1. The minimum absolute atomic E-state index is 0.00199. The highest BCUT2D eigenvalue weighted by Crippen LogP contribution is 2.31. The molecule has 0 aliphatic carbocycles. The Hall–Kier alpha value is -2.81. The standard InChI is InChI=1S/C19H17F3N4OS/c20-19(21,22)15-7-4-8-16(9-15)28-11-18(27)25-17(10-26-13-23-12-24-26)14-5-2-1-3-6-14/h1-9,12-13,17H,10-11H2,(H,25,27). The Morgan fingerprint density at radius 1 is 1.14 bits per heavy atom. The predicted molar refractivity (Wildman–Crippen MR) is 99.5 cm³/mol. The van der Waals surface area contributed by atoms with Crippen molar-refractivity contribution in [3.8, 4) is 0 Å². The second-order valence-corrected chi connectivity index (χ2v) is 7.01. The van der Waals surface area contributed by atoms with Crippen LogP contribution in [0.2, 0.25) is 0 Å². The number of alkyl halides is 3. The number of carbonyl (C=O) groups is 1. The maximum absolute atomic E-state index is 12.8. The first-order valence-corrected chi connectivity index (χ1v) is 9.37. The van der Waals surface area contributed by atoms with Gasteiger partial charge in [0.2, 0.25) is 5.91 Å². The molecule has 0 aliphatic heterocycles. The van der Waals surface area contributed by atoms with E-state index in [4.69, 9.17) is 0 Å². The van der Waals surface area contributed by atoms with Gasteiger partial charge >= 0.3 is 6.18 Å². The van der Waals surface area contributed by atoms with Crippen LogP contribution in [0.3, 0.4) is 0 Å². The van der Waals surface area contributed by atoms with Crippen LogP contribution in [-0.2, 0) is 17.5 Å². The first-order chi connectivity index (χ1) is 13.4. The van der Waals surface area contributed by atoms with Crippen LogP contribution in [0.25, 0.3) is 0 Å². The van der Waals surface area contributed by atoms with E-state index < -0.39 is 11.7 Å². The first-order valence-electron chi connectivity index (χ1n) is 8.38. The monoisotopic (exact) mass is 406 g/mol. The lowest BCUT2D eigenvalue weighted by Crippen LogP contribution is -2.32. The van der Waals surface area contributed by atoms with Gasteiger partial charge in [-0.2, -0.15) is 18.3 Å². The van der Waals surface area contributed by atoms with Gasteiger partial charge in [0.05, 0.1) is 23.9 Å². The van der Waals surface area contributed by atoms with E-state index in [1.807, 2.05) is 30.3 Å². The van der Waals surface area contributed by atoms with Gasteiger partial charge in [0.25, 0.3) is 0 Å². The van der Waals surface area contributed by atoms with E-state index in [2.05, 4.69) is 15.4 Å². The average molecular weight is 406 g/mol. The molecule has 1 atom stereocenters. The minimum Gasteiger partial charge on any atom is -0.347 e. The smallest absolute Gasteiger partial charge is 0.347 e. The van der Waals surface area contributed by atoms with E-state index in [0.29, 0.717) is 11.4 Å². The number of benzene rings is 2. The van der Waals surface area contributed by atoms with Gasteiger partial charge in [0.1, 0.15) is 12.7 Å². The molecule has 1 unspecified atom stereocenters.